The van der Waals surface area contributed by atoms with E-state index in [-0.39, 0.29) is 42.2 Å². The molecule has 0 radical (unpaired) electrons. The first-order valence-corrected chi connectivity index (χ1v) is 13.3. The van der Waals surface area contributed by atoms with Crippen molar-refractivity contribution in [3.05, 3.63) is 42.5 Å². The summed E-state index contributed by atoms with van der Waals surface area (Å²) in [6, 6.07) is 12.4. The summed E-state index contributed by atoms with van der Waals surface area (Å²) in [6.07, 6.45) is 1.26. The van der Waals surface area contributed by atoms with E-state index in [9.17, 15) is 19.5 Å². The highest BCUT2D eigenvalue weighted by Gasteiger charge is 2.76. The van der Waals surface area contributed by atoms with Crippen molar-refractivity contribution in [2.75, 3.05) is 18.5 Å². The molecule has 2 amide bonds. The molecule has 35 heavy (non-hydrogen) atoms. The molecular formula is C27H32N2O5S. The van der Waals surface area contributed by atoms with Crippen LogP contribution >= 0.6 is 11.8 Å². The highest BCUT2D eigenvalue weighted by atomic mass is 32.2. The van der Waals surface area contributed by atoms with Crippen molar-refractivity contribution in [1.82, 2.24) is 4.90 Å². The maximum atomic E-state index is 14.0. The van der Waals surface area contributed by atoms with Crippen LogP contribution in [-0.4, -0.2) is 63.1 Å². The second kappa shape index (κ2) is 9.13. The van der Waals surface area contributed by atoms with Gasteiger partial charge in [0.1, 0.15) is 6.04 Å². The summed E-state index contributed by atoms with van der Waals surface area (Å²) in [5, 5.41) is 15.2. The minimum Gasteiger partial charge on any atom is -0.466 e. The lowest BCUT2D eigenvalue weighted by Gasteiger charge is -2.39. The Morgan fingerprint density at radius 3 is 2.66 bits per heavy atom. The maximum Gasteiger partial charge on any atom is 0.310 e. The third kappa shape index (κ3) is 3.56. The monoisotopic (exact) mass is 496 g/mol. The molecule has 3 saturated heterocycles. The number of aliphatic hydroxyl groups excluding tert-OH is 1. The minimum atomic E-state index is -0.784. The normalized spacial score (nSPS) is 32.1. The Balaban J connectivity index is 1.55. The second-order valence-electron chi connectivity index (χ2n) is 9.85. The van der Waals surface area contributed by atoms with Gasteiger partial charge in [-0.15, -0.1) is 11.8 Å². The largest absolute Gasteiger partial charge is 0.466 e. The topological polar surface area (TPSA) is 95.9 Å². The van der Waals surface area contributed by atoms with Crippen molar-refractivity contribution >= 4 is 46.0 Å². The fourth-order valence-electron chi connectivity index (χ4n) is 6.55. The van der Waals surface area contributed by atoms with E-state index in [4.69, 9.17) is 4.74 Å². The molecule has 3 aliphatic heterocycles. The van der Waals surface area contributed by atoms with Gasteiger partial charge >= 0.3 is 5.97 Å². The Morgan fingerprint density at radius 1 is 1.23 bits per heavy atom. The van der Waals surface area contributed by atoms with Gasteiger partial charge in [0.2, 0.25) is 11.8 Å². The molecule has 186 valence electrons. The molecular weight excluding hydrogens is 464 g/mol. The number of fused-ring (bicyclic) bond motifs is 2. The molecule has 1 spiro atoms. The van der Waals surface area contributed by atoms with Crippen molar-refractivity contribution in [3.63, 3.8) is 0 Å². The van der Waals surface area contributed by atoms with Gasteiger partial charge in [-0.3, -0.25) is 14.4 Å². The Bertz CT molecular complexity index is 1170. The van der Waals surface area contributed by atoms with E-state index in [1.54, 1.807) is 23.6 Å². The van der Waals surface area contributed by atoms with Crippen LogP contribution < -0.4 is 5.32 Å². The number of ether oxygens (including phenoxy) is 1. The van der Waals surface area contributed by atoms with Gasteiger partial charge in [-0.05, 0) is 48.6 Å². The number of esters is 1. The molecule has 5 rings (SSSR count). The third-order valence-electron chi connectivity index (χ3n) is 8.08. The number of nitrogens with zero attached hydrogens (tertiary/aromatic N) is 1. The number of likely N-dealkylation sites (tertiary alicyclic amines) is 1. The first kappa shape index (κ1) is 24.1. The lowest BCUT2D eigenvalue weighted by atomic mass is 9.66. The fourth-order valence-corrected chi connectivity index (χ4v) is 8.95. The van der Waals surface area contributed by atoms with Crippen molar-refractivity contribution in [2.45, 2.75) is 55.7 Å². The third-order valence-corrected chi connectivity index (χ3v) is 10.2. The summed E-state index contributed by atoms with van der Waals surface area (Å²) in [5.41, 5.74) is 0.658. The number of amides is 2. The number of rotatable bonds is 7. The van der Waals surface area contributed by atoms with E-state index in [1.165, 1.54) is 0 Å². The molecule has 3 unspecified atom stereocenters. The van der Waals surface area contributed by atoms with Crippen molar-refractivity contribution in [3.8, 4) is 0 Å². The van der Waals surface area contributed by atoms with Gasteiger partial charge in [0.25, 0.3) is 0 Å². The van der Waals surface area contributed by atoms with E-state index in [1.807, 2.05) is 49.4 Å². The predicted octanol–water partition coefficient (Wildman–Crippen LogP) is 3.45. The van der Waals surface area contributed by atoms with Crippen LogP contribution in [0.15, 0.2) is 42.5 Å². The Hall–Kier alpha value is -2.58. The zero-order valence-corrected chi connectivity index (χ0v) is 21.1. The maximum absolute atomic E-state index is 14.0. The van der Waals surface area contributed by atoms with Crippen molar-refractivity contribution in [1.29, 1.82) is 0 Å². The standard InChI is InChI=1S/C27H32N2O5S/c1-4-19(14-30)29-23(24(31)28-18-11-10-16-8-6-7-9-17(16)13-18)27-15(3)12-20(35-27)21(22(27)25(29)32)26(33)34-5-2/h6-11,13,15,19-23,30H,4-5,12,14H2,1-3H3,(H,28,31)/t15?,19-,20+,21-,22-,23?,27?/m0/s1. The van der Waals surface area contributed by atoms with Crippen LogP contribution in [-0.2, 0) is 19.1 Å². The molecule has 3 heterocycles. The zero-order chi connectivity index (χ0) is 24.9. The molecule has 0 saturated carbocycles. The highest BCUT2D eigenvalue weighted by molar-refractivity contribution is 8.02. The number of hydrogen-bond acceptors (Lipinski definition) is 6. The minimum absolute atomic E-state index is 0.0506. The SMILES string of the molecule is CCOC(=O)[C@@H]1[C@H]2C(=O)N([C@@H](CC)CO)C(C(=O)Nc3ccc4ccccc4c3)C23S[C@@H]1CC3C. The fraction of sp³-hybridized carbons (Fsp3) is 0.519. The number of carbonyl (C=O) groups is 3. The lowest BCUT2D eigenvalue weighted by Crippen LogP contribution is -2.56. The van der Waals surface area contributed by atoms with Crippen molar-refractivity contribution < 1.29 is 24.2 Å². The van der Waals surface area contributed by atoms with Gasteiger partial charge < -0.3 is 20.1 Å². The molecule has 2 aromatic rings. The number of benzene rings is 2. The quantitative estimate of drug-likeness (QED) is 0.570. The summed E-state index contributed by atoms with van der Waals surface area (Å²) in [4.78, 5) is 42.5. The molecule has 3 aliphatic rings. The predicted molar refractivity (Wildman–Crippen MR) is 136 cm³/mol. The molecule has 0 aromatic heterocycles. The molecule has 8 heteroatoms. The molecule has 0 aliphatic carbocycles. The van der Waals surface area contributed by atoms with Gasteiger partial charge in [0.05, 0.1) is 35.8 Å². The Kier molecular flexibility index (Phi) is 6.30. The van der Waals surface area contributed by atoms with Crippen LogP contribution in [0.4, 0.5) is 5.69 Å². The average molecular weight is 497 g/mol. The number of thioether (sulfide) groups is 1. The molecule has 2 N–H and O–H groups in total. The van der Waals surface area contributed by atoms with Gasteiger partial charge in [0.15, 0.2) is 0 Å². The van der Waals surface area contributed by atoms with E-state index >= 15 is 0 Å². The van der Waals surface area contributed by atoms with Gasteiger partial charge in [-0.2, -0.15) is 0 Å². The molecule has 2 aromatic carbocycles. The van der Waals surface area contributed by atoms with Gasteiger partial charge in [-0.25, -0.2) is 0 Å². The van der Waals surface area contributed by atoms with Crippen LogP contribution in [0.25, 0.3) is 10.8 Å². The Morgan fingerprint density at radius 2 is 1.97 bits per heavy atom. The molecule has 7 nitrogen and oxygen atoms in total. The van der Waals surface area contributed by atoms with Crippen LogP contribution in [0.5, 0.6) is 0 Å². The van der Waals surface area contributed by atoms with E-state index in [2.05, 4.69) is 12.2 Å². The lowest BCUT2D eigenvalue weighted by molar-refractivity contribution is -0.154. The van der Waals surface area contributed by atoms with Gasteiger partial charge in [0, 0.05) is 10.9 Å². The number of hydrogen-bond donors (Lipinski definition) is 2. The summed E-state index contributed by atoms with van der Waals surface area (Å²) < 4.78 is 4.64. The summed E-state index contributed by atoms with van der Waals surface area (Å²) >= 11 is 1.61. The Labute approximate surface area is 209 Å². The van der Waals surface area contributed by atoms with Crippen molar-refractivity contribution in [2.24, 2.45) is 17.8 Å². The summed E-state index contributed by atoms with van der Waals surface area (Å²) in [5.74, 6) is -1.99. The molecule has 2 bridgehead atoms. The number of nitrogens with one attached hydrogen (secondary N) is 1. The number of aliphatic hydroxyl groups is 1. The number of carbonyl (C=O) groups excluding carboxylic acids is 3. The van der Waals surface area contributed by atoms with E-state index in [0.29, 0.717) is 12.1 Å². The molecule has 3 fully saturated rings. The first-order valence-electron chi connectivity index (χ1n) is 12.4. The van der Waals surface area contributed by atoms with E-state index in [0.717, 1.165) is 17.2 Å². The van der Waals surface area contributed by atoms with Crippen LogP contribution in [0.3, 0.4) is 0 Å². The highest BCUT2D eigenvalue weighted by Crippen LogP contribution is 2.69. The average Bonchev–Trinajstić information content (AvgIpc) is 3.44. The smallest absolute Gasteiger partial charge is 0.310 e. The van der Waals surface area contributed by atoms with Crippen LogP contribution in [0.1, 0.15) is 33.6 Å². The number of anilines is 1. The molecule has 7 atom stereocenters. The van der Waals surface area contributed by atoms with E-state index < -0.39 is 28.7 Å². The summed E-state index contributed by atoms with van der Waals surface area (Å²) in [7, 11) is 0. The second-order valence-corrected chi connectivity index (χ2v) is 11.4. The summed E-state index contributed by atoms with van der Waals surface area (Å²) in [6.45, 7) is 5.75. The first-order chi connectivity index (χ1) is 16.9. The zero-order valence-electron chi connectivity index (χ0n) is 20.3. The van der Waals surface area contributed by atoms with Gasteiger partial charge in [-0.1, -0.05) is 44.2 Å². The van der Waals surface area contributed by atoms with Crippen LogP contribution in [0.2, 0.25) is 0 Å². The van der Waals surface area contributed by atoms with Crippen LogP contribution in [0, 0.1) is 17.8 Å².